The van der Waals surface area contributed by atoms with Gasteiger partial charge in [-0.15, -0.1) is 0 Å². The molecule has 0 aliphatic carbocycles. The smallest absolute Gasteiger partial charge is 0.337 e. The lowest BCUT2D eigenvalue weighted by molar-refractivity contribution is 0.0600. The standard InChI is InChI=1S/C21H24N2O4/c1-3-27-19-9-5-4-8-16(19)20(24)22-17-14-15(21(25)26-2)10-11-18(17)23-12-6-7-13-23/h4-5,8-11,14H,3,6-7,12-13H2,1-2H3,(H,22,24). The number of amides is 1. The minimum absolute atomic E-state index is 0.276. The molecule has 6 heteroatoms. The molecule has 3 rings (SSSR count). The van der Waals surface area contributed by atoms with Gasteiger partial charge in [-0.05, 0) is 50.1 Å². The summed E-state index contributed by atoms with van der Waals surface area (Å²) in [6.45, 7) is 4.20. The molecular formula is C21H24N2O4. The van der Waals surface area contributed by atoms with E-state index >= 15 is 0 Å². The highest BCUT2D eigenvalue weighted by molar-refractivity contribution is 6.08. The molecule has 1 aliphatic heterocycles. The van der Waals surface area contributed by atoms with E-state index in [9.17, 15) is 9.59 Å². The molecule has 27 heavy (non-hydrogen) atoms. The molecule has 0 atom stereocenters. The van der Waals surface area contributed by atoms with Crippen LogP contribution >= 0.6 is 0 Å². The third kappa shape index (κ3) is 4.22. The van der Waals surface area contributed by atoms with E-state index in [1.54, 1.807) is 30.3 Å². The van der Waals surface area contributed by atoms with Gasteiger partial charge in [-0.2, -0.15) is 0 Å². The van der Waals surface area contributed by atoms with Crippen molar-refractivity contribution in [2.45, 2.75) is 19.8 Å². The van der Waals surface area contributed by atoms with Crippen LogP contribution in [0.1, 0.15) is 40.5 Å². The van der Waals surface area contributed by atoms with E-state index in [0.717, 1.165) is 31.6 Å². The lowest BCUT2D eigenvalue weighted by Crippen LogP contribution is -2.22. The zero-order chi connectivity index (χ0) is 19.2. The number of nitrogens with one attached hydrogen (secondary N) is 1. The summed E-state index contributed by atoms with van der Waals surface area (Å²) in [5, 5.41) is 2.95. The topological polar surface area (TPSA) is 67.9 Å². The second kappa shape index (κ2) is 8.58. The first kappa shape index (κ1) is 18.8. The maximum Gasteiger partial charge on any atom is 0.337 e. The van der Waals surface area contributed by atoms with Crippen LogP contribution in [0.15, 0.2) is 42.5 Å². The summed E-state index contributed by atoms with van der Waals surface area (Å²) in [5.41, 5.74) is 2.35. The number of methoxy groups -OCH3 is 1. The molecule has 0 unspecified atom stereocenters. The summed E-state index contributed by atoms with van der Waals surface area (Å²) in [6.07, 6.45) is 2.22. The van der Waals surface area contributed by atoms with Crippen molar-refractivity contribution in [2.24, 2.45) is 0 Å². The zero-order valence-electron chi connectivity index (χ0n) is 15.7. The van der Waals surface area contributed by atoms with E-state index < -0.39 is 5.97 Å². The van der Waals surface area contributed by atoms with Gasteiger partial charge >= 0.3 is 5.97 Å². The van der Waals surface area contributed by atoms with Crippen LogP contribution in [0.4, 0.5) is 11.4 Å². The first-order valence-corrected chi connectivity index (χ1v) is 9.14. The highest BCUT2D eigenvalue weighted by Crippen LogP contribution is 2.31. The number of ether oxygens (including phenoxy) is 2. The average molecular weight is 368 g/mol. The molecule has 1 fully saturated rings. The highest BCUT2D eigenvalue weighted by atomic mass is 16.5. The van der Waals surface area contributed by atoms with Gasteiger partial charge in [-0.3, -0.25) is 4.79 Å². The maximum absolute atomic E-state index is 12.9. The van der Waals surface area contributed by atoms with Crippen LogP contribution in [0.5, 0.6) is 5.75 Å². The van der Waals surface area contributed by atoms with E-state index in [1.807, 2.05) is 19.1 Å². The van der Waals surface area contributed by atoms with Gasteiger partial charge in [-0.1, -0.05) is 12.1 Å². The van der Waals surface area contributed by atoms with Crippen LogP contribution < -0.4 is 15.0 Å². The molecule has 1 N–H and O–H groups in total. The SMILES string of the molecule is CCOc1ccccc1C(=O)Nc1cc(C(=O)OC)ccc1N1CCCC1. The molecule has 2 aromatic carbocycles. The minimum Gasteiger partial charge on any atom is -0.493 e. The third-order valence-corrected chi connectivity index (χ3v) is 4.54. The van der Waals surface area contributed by atoms with E-state index in [0.29, 0.717) is 29.2 Å². The average Bonchev–Trinajstić information content (AvgIpc) is 3.22. The van der Waals surface area contributed by atoms with Gasteiger partial charge < -0.3 is 19.7 Å². The summed E-state index contributed by atoms with van der Waals surface area (Å²) in [6, 6.07) is 12.4. The largest absolute Gasteiger partial charge is 0.493 e. The molecule has 0 radical (unpaired) electrons. The highest BCUT2D eigenvalue weighted by Gasteiger charge is 2.20. The Labute approximate surface area is 159 Å². The molecular weight excluding hydrogens is 344 g/mol. The lowest BCUT2D eigenvalue weighted by Gasteiger charge is -2.22. The number of benzene rings is 2. The fourth-order valence-electron chi connectivity index (χ4n) is 3.24. The second-order valence-corrected chi connectivity index (χ2v) is 6.30. The van der Waals surface area contributed by atoms with Gasteiger partial charge in [-0.25, -0.2) is 4.79 Å². The summed E-state index contributed by atoms with van der Waals surface area (Å²) in [5.74, 6) is -0.181. The van der Waals surface area contributed by atoms with Crippen LogP contribution in [0.3, 0.4) is 0 Å². The fraction of sp³-hybridized carbons (Fsp3) is 0.333. The van der Waals surface area contributed by atoms with Gasteiger partial charge in [0.1, 0.15) is 5.75 Å². The summed E-state index contributed by atoms with van der Waals surface area (Å²) in [4.78, 5) is 27.0. The molecule has 0 aromatic heterocycles. The predicted octanol–water partition coefficient (Wildman–Crippen LogP) is 3.72. The summed E-state index contributed by atoms with van der Waals surface area (Å²) in [7, 11) is 1.34. The third-order valence-electron chi connectivity index (χ3n) is 4.54. The Morgan fingerprint density at radius 2 is 1.85 bits per heavy atom. The number of esters is 1. The van der Waals surface area contributed by atoms with Crippen molar-refractivity contribution >= 4 is 23.3 Å². The molecule has 0 spiro atoms. The molecule has 1 heterocycles. The lowest BCUT2D eigenvalue weighted by atomic mass is 10.1. The molecule has 1 saturated heterocycles. The van der Waals surface area contributed by atoms with E-state index in [4.69, 9.17) is 9.47 Å². The summed E-state index contributed by atoms with van der Waals surface area (Å²) < 4.78 is 10.4. The molecule has 1 aliphatic rings. The number of para-hydroxylation sites is 1. The number of carbonyl (C=O) groups is 2. The molecule has 0 bridgehead atoms. The van der Waals surface area contributed by atoms with Crippen LogP contribution in [-0.4, -0.2) is 38.7 Å². The first-order valence-electron chi connectivity index (χ1n) is 9.14. The quantitative estimate of drug-likeness (QED) is 0.787. The normalized spacial score (nSPS) is 13.3. The van der Waals surface area contributed by atoms with Gasteiger partial charge in [0.05, 0.1) is 36.2 Å². The fourth-order valence-corrected chi connectivity index (χ4v) is 3.24. The Balaban J connectivity index is 1.94. The van der Waals surface area contributed by atoms with Crippen LogP contribution in [0.25, 0.3) is 0 Å². The predicted molar refractivity (Wildman–Crippen MR) is 105 cm³/mol. The number of rotatable bonds is 6. The number of carbonyl (C=O) groups excluding carboxylic acids is 2. The Bertz CT molecular complexity index is 829. The molecule has 6 nitrogen and oxygen atoms in total. The van der Waals surface area contributed by atoms with Gasteiger partial charge in [0.2, 0.25) is 0 Å². The summed E-state index contributed by atoms with van der Waals surface area (Å²) >= 11 is 0. The molecule has 0 saturated carbocycles. The Morgan fingerprint density at radius 1 is 1.11 bits per heavy atom. The van der Waals surface area contributed by atoms with Crippen molar-refractivity contribution in [3.8, 4) is 5.75 Å². The second-order valence-electron chi connectivity index (χ2n) is 6.30. The van der Waals surface area contributed by atoms with Gasteiger partial charge in [0.15, 0.2) is 0 Å². The molecule has 2 aromatic rings. The number of anilines is 2. The van der Waals surface area contributed by atoms with Crippen molar-refractivity contribution in [3.63, 3.8) is 0 Å². The van der Waals surface area contributed by atoms with E-state index in [1.165, 1.54) is 7.11 Å². The maximum atomic E-state index is 12.9. The van der Waals surface area contributed by atoms with Gasteiger partial charge in [0, 0.05) is 13.1 Å². The Kier molecular flexibility index (Phi) is 5.96. The van der Waals surface area contributed by atoms with E-state index in [-0.39, 0.29) is 5.91 Å². The van der Waals surface area contributed by atoms with Crippen molar-refractivity contribution in [3.05, 3.63) is 53.6 Å². The number of hydrogen-bond donors (Lipinski definition) is 1. The van der Waals surface area contributed by atoms with Crippen LogP contribution in [0.2, 0.25) is 0 Å². The minimum atomic E-state index is -0.437. The van der Waals surface area contributed by atoms with Gasteiger partial charge in [0.25, 0.3) is 5.91 Å². The van der Waals surface area contributed by atoms with Crippen LogP contribution in [-0.2, 0) is 4.74 Å². The molecule has 1 amide bonds. The number of nitrogens with zero attached hydrogens (tertiary/aromatic N) is 1. The van der Waals surface area contributed by atoms with Crippen molar-refractivity contribution in [1.82, 2.24) is 0 Å². The zero-order valence-corrected chi connectivity index (χ0v) is 15.7. The first-order chi connectivity index (χ1) is 13.1. The van der Waals surface area contributed by atoms with Crippen LogP contribution in [0, 0.1) is 0 Å². The Hall–Kier alpha value is -3.02. The molecule has 142 valence electrons. The monoisotopic (exact) mass is 368 g/mol. The van der Waals surface area contributed by atoms with Crippen molar-refractivity contribution < 1.29 is 19.1 Å². The van der Waals surface area contributed by atoms with Crippen molar-refractivity contribution in [2.75, 3.05) is 37.0 Å². The van der Waals surface area contributed by atoms with Crippen molar-refractivity contribution in [1.29, 1.82) is 0 Å². The van der Waals surface area contributed by atoms with E-state index in [2.05, 4.69) is 10.2 Å². The number of hydrogen-bond acceptors (Lipinski definition) is 5. The Morgan fingerprint density at radius 3 is 2.56 bits per heavy atom.